The first-order valence-electron chi connectivity index (χ1n) is 9.49. The average molecular weight is 328 g/mol. The Bertz CT molecular complexity index is 554. The Labute approximate surface area is 144 Å². The lowest BCUT2D eigenvalue weighted by molar-refractivity contribution is -0.136. The second kappa shape index (κ2) is 7.19. The van der Waals surface area contributed by atoms with Gasteiger partial charge in [-0.1, -0.05) is 18.9 Å². The fourth-order valence-electron chi connectivity index (χ4n) is 4.33. The van der Waals surface area contributed by atoms with Gasteiger partial charge in [-0.15, -0.1) is 0 Å². The highest BCUT2D eigenvalue weighted by molar-refractivity contribution is 5.79. The number of aromatic nitrogens is 1. The van der Waals surface area contributed by atoms with Crippen molar-refractivity contribution < 1.29 is 4.79 Å². The second-order valence-electron chi connectivity index (χ2n) is 7.45. The van der Waals surface area contributed by atoms with Crippen molar-refractivity contribution in [1.82, 2.24) is 20.1 Å². The summed E-state index contributed by atoms with van der Waals surface area (Å²) in [5.74, 6) is 0.347. The zero-order valence-corrected chi connectivity index (χ0v) is 14.4. The van der Waals surface area contributed by atoms with Crippen LogP contribution >= 0.6 is 0 Å². The zero-order valence-electron chi connectivity index (χ0n) is 14.4. The van der Waals surface area contributed by atoms with Gasteiger partial charge in [-0.2, -0.15) is 0 Å². The van der Waals surface area contributed by atoms with E-state index in [2.05, 4.69) is 26.2 Å². The van der Waals surface area contributed by atoms with Gasteiger partial charge in [0.15, 0.2) is 0 Å². The molecule has 0 aromatic carbocycles. The largest absolute Gasteiger partial charge is 0.336 e. The minimum Gasteiger partial charge on any atom is -0.336 e. The van der Waals surface area contributed by atoms with Crippen LogP contribution in [-0.4, -0.2) is 59.0 Å². The smallest absolute Gasteiger partial charge is 0.237 e. The van der Waals surface area contributed by atoms with Gasteiger partial charge >= 0.3 is 0 Å². The molecule has 1 aliphatic heterocycles. The van der Waals surface area contributed by atoms with Crippen molar-refractivity contribution in [1.29, 1.82) is 0 Å². The predicted octanol–water partition coefficient (Wildman–Crippen LogP) is 1.96. The van der Waals surface area contributed by atoms with Gasteiger partial charge in [-0.05, 0) is 37.3 Å². The summed E-state index contributed by atoms with van der Waals surface area (Å²) in [5.41, 5.74) is 1.20. The molecule has 1 N–H and O–H groups in total. The molecule has 5 heteroatoms. The molecule has 0 spiro atoms. The van der Waals surface area contributed by atoms with Crippen LogP contribution in [0.1, 0.15) is 50.1 Å². The van der Waals surface area contributed by atoms with Crippen LogP contribution in [0.2, 0.25) is 0 Å². The van der Waals surface area contributed by atoms with Crippen LogP contribution in [0.5, 0.6) is 0 Å². The molecule has 0 bridgehead atoms. The number of hydrogen-bond acceptors (Lipinski definition) is 4. The molecule has 1 atom stereocenters. The Kier molecular flexibility index (Phi) is 4.81. The number of rotatable bonds is 5. The number of hydrogen-bond donors (Lipinski definition) is 1. The van der Waals surface area contributed by atoms with Crippen LogP contribution in [0.3, 0.4) is 0 Å². The van der Waals surface area contributed by atoms with E-state index in [9.17, 15) is 4.79 Å². The number of carbonyl (C=O) groups excluding carboxylic acids is 1. The molecule has 24 heavy (non-hydrogen) atoms. The summed E-state index contributed by atoms with van der Waals surface area (Å²) in [6.45, 7) is 3.32. The molecule has 1 unspecified atom stereocenters. The Balaban J connectivity index is 1.46. The molecule has 2 heterocycles. The van der Waals surface area contributed by atoms with Gasteiger partial charge in [0.25, 0.3) is 0 Å². The molecule has 2 saturated carbocycles. The molecule has 0 radical (unpaired) electrons. The van der Waals surface area contributed by atoms with Gasteiger partial charge in [0.2, 0.25) is 5.91 Å². The van der Waals surface area contributed by atoms with Crippen molar-refractivity contribution in [2.75, 3.05) is 26.2 Å². The standard InChI is InChI=1S/C19H28N4O/c24-19(23(17-7-8-17)16-5-1-2-6-16)14-22-11-10-21-13-18(22)15-4-3-9-20-12-15/h3-4,9,12,16-18,21H,1-2,5-8,10-11,13-14H2. The van der Waals surface area contributed by atoms with Gasteiger partial charge in [0, 0.05) is 50.2 Å². The molecule has 1 amide bonds. The highest BCUT2D eigenvalue weighted by Gasteiger charge is 2.39. The molecule has 3 fully saturated rings. The van der Waals surface area contributed by atoms with E-state index in [0.29, 0.717) is 24.5 Å². The molecule has 1 aromatic heterocycles. The molecule has 5 nitrogen and oxygen atoms in total. The summed E-state index contributed by atoms with van der Waals surface area (Å²) >= 11 is 0. The number of carbonyl (C=O) groups is 1. The van der Waals surface area contributed by atoms with Crippen LogP contribution in [0.25, 0.3) is 0 Å². The van der Waals surface area contributed by atoms with Crippen LogP contribution in [0.4, 0.5) is 0 Å². The number of piperazine rings is 1. The molecule has 1 saturated heterocycles. The highest BCUT2D eigenvalue weighted by atomic mass is 16.2. The summed E-state index contributed by atoms with van der Waals surface area (Å²) < 4.78 is 0. The van der Waals surface area contributed by atoms with E-state index in [4.69, 9.17) is 0 Å². The van der Waals surface area contributed by atoms with Crippen molar-refractivity contribution in [3.8, 4) is 0 Å². The average Bonchev–Trinajstić information content (AvgIpc) is 3.30. The van der Waals surface area contributed by atoms with Gasteiger partial charge < -0.3 is 10.2 Å². The summed E-state index contributed by atoms with van der Waals surface area (Å²) in [4.78, 5) is 22.0. The molecule has 1 aromatic rings. The maximum atomic E-state index is 13.1. The van der Waals surface area contributed by atoms with Gasteiger partial charge in [-0.25, -0.2) is 0 Å². The van der Waals surface area contributed by atoms with Crippen molar-refractivity contribution in [3.63, 3.8) is 0 Å². The van der Waals surface area contributed by atoms with E-state index in [1.165, 1.54) is 44.1 Å². The number of nitrogens with one attached hydrogen (secondary N) is 1. The minimum atomic E-state index is 0.251. The summed E-state index contributed by atoms with van der Waals surface area (Å²) in [6.07, 6.45) is 11.1. The van der Waals surface area contributed by atoms with Gasteiger partial charge in [-0.3, -0.25) is 14.7 Å². The zero-order chi connectivity index (χ0) is 16.4. The molecular weight excluding hydrogens is 300 g/mol. The Morgan fingerprint density at radius 3 is 2.75 bits per heavy atom. The minimum absolute atomic E-state index is 0.251. The first-order valence-corrected chi connectivity index (χ1v) is 9.49. The third-order valence-corrected chi connectivity index (χ3v) is 5.71. The lowest BCUT2D eigenvalue weighted by Crippen LogP contribution is -2.52. The first-order chi connectivity index (χ1) is 11.8. The third kappa shape index (κ3) is 3.47. The highest BCUT2D eigenvalue weighted by Crippen LogP contribution is 2.35. The number of nitrogens with zero attached hydrogens (tertiary/aromatic N) is 3. The predicted molar refractivity (Wildman–Crippen MR) is 93.5 cm³/mol. The fourth-order valence-corrected chi connectivity index (χ4v) is 4.33. The monoisotopic (exact) mass is 328 g/mol. The number of amides is 1. The first kappa shape index (κ1) is 16.0. The molecular formula is C19H28N4O. The maximum absolute atomic E-state index is 13.1. The normalized spacial score (nSPS) is 25.8. The number of pyridine rings is 1. The van der Waals surface area contributed by atoms with Crippen LogP contribution in [0.15, 0.2) is 24.5 Å². The summed E-state index contributed by atoms with van der Waals surface area (Å²) in [7, 11) is 0. The lowest BCUT2D eigenvalue weighted by Gasteiger charge is -2.38. The van der Waals surface area contributed by atoms with E-state index in [1.807, 2.05) is 18.5 Å². The molecule has 2 aliphatic carbocycles. The van der Waals surface area contributed by atoms with E-state index < -0.39 is 0 Å². The van der Waals surface area contributed by atoms with E-state index in [0.717, 1.165) is 19.6 Å². The van der Waals surface area contributed by atoms with Crippen molar-refractivity contribution >= 4 is 5.91 Å². The fraction of sp³-hybridized carbons (Fsp3) is 0.684. The van der Waals surface area contributed by atoms with Gasteiger partial charge in [0.1, 0.15) is 0 Å². The third-order valence-electron chi connectivity index (χ3n) is 5.71. The topological polar surface area (TPSA) is 48.5 Å². The quantitative estimate of drug-likeness (QED) is 0.898. The Morgan fingerprint density at radius 1 is 1.25 bits per heavy atom. The van der Waals surface area contributed by atoms with Crippen molar-refractivity contribution in [3.05, 3.63) is 30.1 Å². The Hall–Kier alpha value is -1.46. The van der Waals surface area contributed by atoms with Gasteiger partial charge in [0.05, 0.1) is 6.54 Å². The molecule has 3 aliphatic rings. The lowest BCUT2D eigenvalue weighted by atomic mass is 10.1. The summed E-state index contributed by atoms with van der Waals surface area (Å²) in [6, 6.07) is 5.39. The van der Waals surface area contributed by atoms with Crippen LogP contribution in [0, 0.1) is 0 Å². The van der Waals surface area contributed by atoms with E-state index in [1.54, 1.807) is 0 Å². The van der Waals surface area contributed by atoms with Crippen molar-refractivity contribution in [2.24, 2.45) is 0 Å². The SMILES string of the molecule is O=C(CN1CCNCC1c1cccnc1)N(C1CCCC1)C1CC1. The maximum Gasteiger partial charge on any atom is 0.237 e. The summed E-state index contributed by atoms with van der Waals surface area (Å²) in [5, 5.41) is 3.46. The van der Waals surface area contributed by atoms with Crippen LogP contribution < -0.4 is 5.32 Å². The molecule has 4 rings (SSSR count). The van der Waals surface area contributed by atoms with Crippen molar-refractivity contribution in [2.45, 2.75) is 56.7 Å². The molecule has 130 valence electrons. The van der Waals surface area contributed by atoms with E-state index >= 15 is 0 Å². The van der Waals surface area contributed by atoms with E-state index in [-0.39, 0.29) is 6.04 Å². The second-order valence-corrected chi connectivity index (χ2v) is 7.45. The van der Waals surface area contributed by atoms with Crippen LogP contribution in [-0.2, 0) is 4.79 Å². The Morgan fingerprint density at radius 2 is 2.04 bits per heavy atom.